The van der Waals surface area contributed by atoms with Gasteiger partial charge in [0.05, 0.1) is 10.6 Å². The van der Waals surface area contributed by atoms with Crippen molar-refractivity contribution >= 4 is 29.0 Å². The number of benzene rings is 2. The van der Waals surface area contributed by atoms with E-state index in [0.29, 0.717) is 22.6 Å². The van der Waals surface area contributed by atoms with E-state index in [0.717, 1.165) is 48.2 Å². The third kappa shape index (κ3) is 5.56. The molecule has 0 saturated heterocycles. The molecule has 37 heavy (non-hydrogen) atoms. The summed E-state index contributed by atoms with van der Waals surface area (Å²) in [6.07, 6.45) is 5.86. The Morgan fingerprint density at radius 3 is 2.43 bits per heavy atom. The van der Waals surface area contributed by atoms with Crippen LogP contribution in [0.15, 0.2) is 48.0 Å². The van der Waals surface area contributed by atoms with Crippen molar-refractivity contribution in [3.63, 3.8) is 0 Å². The van der Waals surface area contributed by atoms with Crippen molar-refractivity contribution in [1.29, 1.82) is 5.26 Å². The summed E-state index contributed by atoms with van der Waals surface area (Å²) in [6, 6.07) is 15.0. The lowest BCUT2D eigenvalue weighted by Gasteiger charge is -2.15. The summed E-state index contributed by atoms with van der Waals surface area (Å²) in [4.78, 5) is 24.4. The van der Waals surface area contributed by atoms with Crippen LogP contribution in [0.2, 0.25) is 0 Å². The maximum atomic E-state index is 12.9. The molecule has 0 unspecified atom stereocenters. The van der Waals surface area contributed by atoms with Gasteiger partial charge >= 0.3 is 0 Å². The lowest BCUT2D eigenvalue weighted by atomic mass is 10.1. The minimum Gasteiger partial charge on any atom is -0.377 e. The molecule has 8 heteroatoms. The Labute approximate surface area is 216 Å². The average Bonchev–Trinajstić information content (AvgIpc) is 3.46. The van der Waals surface area contributed by atoms with Crippen LogP contribution in [-0.4, -0.2) is 21.4 Å². The van der Waals surface area contributed by atoms with Crippen LogP contribution in [0.1, 0.15) is 53.8 Å². The van der Waals surface area contributed by atoms with E-state index in [4.69, 9.17) is 0 Å². The lowest BCUT2D eigenvalue weighted by Crippen LogP contribution is -2.15. The molecule has 8 nitrogen and oxygen atoms in total. The van der Waals surface area contributed by atoms with E-state index in [1.54, 1.807) is 18.2 Å². The molecule has 0 radical (unpaired) electrons. The number of hydrogen-bond donors (Lipinski definition) is 2. The molecular weight excluding hydrogens is 466 g/mol. The molecule has 2 aromatic carbocycles. The van der Waals surface area contributed by atoms with Gasteiger partial charge in [0.2, 0.25) is 0 Å². The molecule has 3 aromatic rings. The first-order valence-corrected chi connectivity index (χ1v) is 12.4. The number of carbonyl (C=O) groups is 1. The standard InChI is InChI=1S/C29H31N5O3/c1-18-9-11-26(19(2)13-18)32-29(35)23(17-30)15-22-14-20(3)33(21(22)4)25-10-12-27(28(16-25)34(36)37)31-24-7-5-6-8-24/h9-16,24,31H,5-8H2,1-4H3,(H,32,35)/b23-15-. The highest BCUT2D eigenvalue weighted by atomic mass is 16.6. The minimum atomic E-state index is -0.489. The molecule has 1 saturated carbocycles. The Morgan fingerprint density at radius 1 is 1.08 bits per heavy atom. The lowest BCUT2D eigenvalue weighted by molar-refractivity contribution is -0.384. The summed E-state index contributed by atoms with van der Waals surface area (Å²) >= 11 is 0. The minimum absolute atomic E-state index is 0.0256. The van der Waals surface area contributed by atoms with Crippen LogP contribution in [0, 0.1) is 49.1 Å². The highest BCUT2D eigenvalue weighted by Gasteiger charge is 2.22. The van der Waals surface area contributed by atoms with Crippen molar-refractivity contribution in [2.45, 2.75) is 59.4 Å². The number of aromatic nitrogens is 1. The largest absolute Gasteiger partial charge is 0.377 e. The van der Waals surface area contributed by atoms with Crippen LogP contribution in [0.4, 0.5) is 17.1 Å². The molecule has 1 fully saturated rings. The van der Waals surface area contributed by atoms with Gasteiger partial charge in [0.1, 0.15) is 17.3 Å². The third-order valence-electron chi connectivity index (χ3n) is 6.92. The summed E-state index contributed by atoms with van der Waals surface area (Å²) in [5.41, 5.74) is 6.13. The van der Waals surface area contributed by atoms with E-state index in [2.05, 4.69) is 10.6 Å². The molecule has 190 valence electrons. The van der Waals surface area contributed by atoms with Gasteiger partial charge in [-0.1, -0.05) is 30.5 Å². The number of amides is 1. The van der Waals surface area contributed by atoms with Crippen molar-refractivity contribution < 1.29 is 9.72 Å². The summed E-state index contributed by atoms with van der Waals surface area (Å²) < 4.78 is 1.90. The van der Waals surface area contributed by atoms with Gasteiger partial charge in [-0.05, 0) is 82.0 Å². The van der Waals surface area contributed by atoms with Crippen LogP contribution in [0.5, 0.6) is 0 Å². The first-order valence-electron chi connectivity index (χ1n) is 12.4. The van der Waals surface area contributed by atoms with E-state index >= 15 is 0 Å². The van der Waals surface area contributed by atoms with Gasteiger partial charge in [-0.3, -0.25) is 14.9 Å². The fraction of sp³-hybridized carbons (Fsp3) is 0.310. The normalized spacial score (nSPS) is 13.9. The average molecular weight is 498 g/mol. The van der Waals surface area contributed by atoms with Crippen LogP contribution < -0.4 is 10.6 Å². The van der Waals surface area contributed by atoms with E-state index in [9.17, 15) is 20.2 Å². The number of nitrogens with one attached hydrogen (secondary N) is 2. The fourth-order valence-electron chi connectivity index (χ4n) is 5.00. The van der Waals surface area contributed by atoms with E-state index in [-0.39, 0.29) is 22.2 Å². The number of rotatable bonds is 7. The molecule has 2 N–H and O–H groups in total. The zero-order chi connectivity index (χ0) is 26.7. The number of nitro groups is 1. The first-order chi connectivity index (χ1) is 17.7. The quantitative estimate of drug-likeness (QED) is 0.167. The Hall–Kier alpha value is -4.38. The Balaban J connectivity index is 1.64. The second-order valence-electron chi connectivity index (χ2n) is 9.69. The van der Waals surface area contributed by atoms with Crippen molar-refractivity contribution in [3.05, 3.63) is 86.2 Å². The van der Waals surface area contributed by atoms with Crippen LogP contribution in [0.3, 0.4) is 0 Å². The third-order valence-corrected chi connectivity index (χ3v) is 6.92. The van der Waals surface area contributed by atoms with Gasteiger partial charge in [0.25, 0.3) is 11.6 Å². The Kier molecular flexibility index (Phi) is 7.44. The molecule has 0 aliphatic heterocycles. The highest BCUT2D eigenvalue weighted by molar-refractivity contribution is 6.10. The summed E-state index contributed by atoms with van der Waals surface area (Å²) in [5.74, 6) is -0.489. The number of nitrogens with zero attached hydrogens (tertiary/aromatic N) is 3. The monoisotopic (exact) mass is 497 g/mol. The molecule has 1 aromatic heterocycles. The van der Waals surface area contributed by atoms with E-state index < -0.39 is 5.91 Å². The second-order valence-corrected chi connectivity index (χ2v) is 9.69. The molecule has 1 amide bonds. The van der Waals surface area contributed by atoms with Gasteiger partial charge in [-0.25, -0.2) is 0 Å². The summed E-state index contributed by atoms with van der Waals surface area (Å²) in [7, 11) is 0. The van der Waals surface area contributed by atoms with E-state index in [1.165, 1.54) is 0 Å². The van der Waals surface area contributed by atoms with Crippen molar-refractivity contribution in [3.8, 4) is 11.8 Å². The predicted molar refractivity (Wildman–Crippen MR) is 146 cm³/mol. The topological polar surface area (TPSA) is 113 Å². The molecule has 1 aliphatic carbocycles. The SMILES string of the molecule is Cc1ccc(NC(=O)/C(C#N)=C\c2cc(C)n(-c3ccc(NC4CCCC4)c([N+](=O)[O-])c3)c2C)c(C)c1. The maximum Gasteiger partial charge on any atom is 0.294 e. The van der Waals surface area contributed by atoms with Crippen LogP contribution in [-0.2, 0) is 4.79 Å². The predicted octanol–water partition coefficient (Wildman–Crippen LogP) is 6.52. The van der Waals surface area contributed by atoms with Crippen molar-refractivity contribution in [1.82, 2.24) is 4.57 Å². The van der Waals surface area contributed by atoms with E-state index in [1.807, 2.05) is 68.7 Å². The molecule has 4 rings (SSSR count). The molecular formula is C29H31N5O3. The van der Waals surface area contributed by atoms with Crippen molar-refractivity contribution in [2.24, 2.45) is 0 Å². The van der Waals surface area contributed by atoms with Gasteiger partial charge in [0.15, 0.2) is 0 Å². The van der Waals surface area contributed by atoms with Gasteiger partial charge in [-0.2, -0.15) is 5.26 Å². The fourth-order valence-corrected chi connectivity index (χ4v) is 5.00. The number of aryl methyl sites for hydroxylation is 3. The highest BCUT2D eigenvalue weighted by Crippen LogP contribution is 2.32. The zero-order valence-corrected chi connectivity index (χ0v) is 21.6. The summed E-state index contributed by atoms with van der Waals surface area (Å²) in [5, 5.41) is 27.7. The number of hydrogen-bond acceptors (Lipinski definition) is 5. The second kappa shape index (κ2) is 10.7. The Morgan fingerprint density at radius 2 is 1.78 bits per heavy atom. The van der Waals surface area contributed by atoms with Gasteiger partial charge < -0.3 is 15.2 Å². The molecule has 1 aliphatic rings. The smallest absolute Gasteiger partial charge is 0.294 e. The molecule has 0 spiro atoms. The number of carbonyl (C=O) groups excluding carboxylic acids is 1. The van der Waals surface area contributed by atoms with Gasteiger partial charge in [-0.15, -0.1) is 0 Å². The van der Waals surface area contributed by atoms with Crippen LogP contribution >= 0.6 is 0 Å². The van der Waals surface area contributed by atoms with Crippen LogP contribution in [0.25, 0.3) is 11.8 Å². The number of nitriles is 1. The molecule has 1 heterocycles. The van der Waals surface area contributed by atoms with Gasteiger partial charge in [0, 0.05) is 29.2 Å². The maximum absolute atomic E-state index is 12.9. The number of nitro benzene ring substituents is 1. The summed E-state index contributed by atoms with van der Waals surface area (Å²) in [6.45, 7) is 7.64. The zero-order valence-electron chi connectivity index (χ0n) is 21.6. The molecule has 0 atom stereocenters. The first kappa shape index (κ1) is 25.7. The van der Waals surface area contributed by atoms with Crippen molar-refractivity contribution in [2.75, 3.05) is 10.6 Å². The Bertz CT molecular complexity index is 1440. The number of anilines is 2. The molecule has 0 bridgehead atoms.